The Hall–Kier alpha value is -3.37. The fourth-order valence-corrected chi connectivity index (χ4v) is 1.96. The van der Waals surface area contributed by atoms with Crippen molar-refractivity contribution in [2.24, 2.45) is 16.8 Å². The highest BCUT2D eigenvalue weighted by Crippen LogP contribution is 2.09. The first-order valence-electron chi connectivity index (χ1n) is 9.50. The first-order valence-corrected chi connectivity index (χ1v) is 9.50. The predicted molar refractivity (Wildman–Crippen MR) is 111 cm³/mol. The molecule has 0 fully saturated rings. The molecule has 11 heteroatoms. The molecule has 0 aliphatic carbocycles. The third-order valence-corrected chi connectivity index (χ3v) is 3.27. The van der Waals surface area contributed by atoms with Crippen LogP contribution in [0.5, 0.6) is 0 Å². The van der Waals surface area contributed by atoms with Crippen LogP contribution in [0.25, 0.3) is 0 Å². The lowest BCUT2D eigenvalue weighted by Crippen LogP contribution is -2.35. The van der Waals surface area contributed by atoms with Crippen molar-refractivity contribution >= 4 is 24.1 Å². The molecule has 0 spiro atoms. The van der Waals surface area contributed by atoms with Gasteiger partial charge in [-0.15, -0.1) is 22.9 Å². The third kappa shape index (κ3) is 8.33. The van der Waals surface area contributed by atoms with Gasteiger partial charge < -0.3 is 19.6 Å². The minimum absolute atomic E-state index is 0.0784. The Labute approximate surface area is 175 Å². The van der Waals surface area contributed by atoms with Crippen molar-refractivity contribution < 1.29 is 24.3 Å². The molecule has 0 bridgehead atoms. The third-order valence-electron chi connectivity index (χ3n) is 3.27. The van der Waals surface area contributed by atoms with Gasteiger partial charge in [-0.05, 0) is 11.8 Å². The molecule has 0 aromatic carbocycles. The van der Waals surface area contributed by atoms with Gasteiger partial charge in [0.15, 0.2) is 0 Å². The summed E-state index contributed by atoms with van der Waals surface area (Å²) >= 11 is 0. The Kier molecular flexibility index (Phi) is 10.1. The molecule has 1 heterocycles. The normalized spacial score (nSPS) is 11.3. The molecule has 0 unspecified atom stereocenters. The van der Waals surface area contributed by atoms with Crippen molar-refractivity contribution in [2.45, 2.75) is 27.7 Å². The molecular weight excluding hydrogens is 392 g/mol. The average molecular weight is 422 g/mol. The quantitative estimate of drug-likeness (QED) is 0.434. The Morgan fingerprint density at radius 1 is 1.13 bits per heavy atom. The van der Waals surface area contributed by atoms with Gasteiger partial charge >= 0.3 is 12.2 Å². The maximum absolute atomic E-state index is 12.0. The van der Waals surface area contributed by atoms with Crippen LogP contribution in [-0.2, 0) is 9.47 Å². The number of ether oxygens (including phenoxy) is 2. The van der Waals surface area contributed by atoms with Gasteiger partial charge in [-0.2, -0.15) is 9.97 Å². The van der Waals surface area contributed by atoms with E-state index < -0.39 is 17.8 Å². The number of carbonyl (C=O) groups is 2. The molecule has 0 saturated carbocycles. The summed E-state index contributed by atoms with van der Waals surface area (Å²) in [6.07, 6.45) is 1.46. The summed E-state index contributed by atoms with van der Waals surface area (Å²) in [5, 5.41) is 12.7. The molecule has 11 nitrogen and oxygen atoms in total. The van der Waals surface area contributed by atoms with E-state index in [1.165, 1.54) is 0 Å². The van der Waals surface area contributed by atoms with Gasteiger partial charge in [0.2, 0.25) is 5.95 Å². The van der Waals surface area contributed by atoms with Gasteiger partial charge in [-0.1, -0.05) is 39.8 Å². The Morgan fingerprint density at radius 3 is 2.23 bits per heavy atom. The van der Waals surface area contributed by atoms with Gasteiger partial charge in [0.05, 0.1) is 13.2 Å². The number of nitrogens with one attached hydrogen (secondary N) is 1. The maximum Gasteiger partial charge on any atom is 0.437 e. The number of rotatable bonds is 10. The van der Waals surface area contributed by atoms with Crippen LogP contribution in [-0.4, -0.2) is 58.4 Å². The standard InChI is InChI=1S/C19H30N6O5/c1-7-9-24(10-8-2)15-20-16(22-18(26)29-11-13(3)4)25(28)17(21-15)23-19(27)30-12-14(5)6/h7-8,13-14,28H,1-2,9-12H2,3-6H3,(H,20,21,22,23,26,27). The number of nitrogens with zero attached hydrogens (tertiary/aromatic N) is 5. The zero-order valence-electron chi connectivity index (χ0n) is 17.9. The second kappa shape index (κ2) is 12.2. The molecule has 1 aromatic heterocycles. The largest absolute Gasteiger partial charge is 0.449 e. The minimum atomic E-state index is -0.941. The van der Waals surface area contributed by atoms with Crippen molar-refractivity contribution in [3.63, 3.8) is 0 Å². The SMILES string of the molecule is C=CCN(CC=C)c1nc(NC(=O)OCC(C)C)n(O)c(=NC(=O)OCC(C)C)n1. The van der Waals surface area contributed by atoms with Gasteiger partial charge in [0.1, 0.15) is 0 Å². The summed E-state index contributed by atoms with van der Waals surface area (Å²) in [5.41, 5.74) is -0.425. The Balaban J connectivity index is 3.35. The van der Waals surface area contributed by atoms with Crippen LogP contribution in [0.4, 0.5) is 21.5 Å². The zero-order chi connectivity index (χ0) is 22.7. The summed E-state index contributed by atoms with van der Waals surface area (Å²) in [6.45, 7) is 15.9. The molecule has 166 valence electrons. The van der Waals surface area contributed by atoms with Gasteiger partial charge in [-0.25, -0.2) is 9.59 Å². The van der Waals surface area contributed by atoms with E-state index in [0.29, 0.717) is 17.8 Å². The van der Waals surface area contributed by atoms with E-state index >= 15 is 0 Å². The van der Waals surface area contributed by atoms with Crippen molar-refractivity contribution in [1.82, 2.24) is 14.7 Å². The fourth-order valence-electron chi connectivity index (χ4n) is 1.96. The first kappa shape index (κ1) is 24.7. The van der Waals surface area contributed by atoms with Gasteiger partial charge in [0, 0.05) is 13.1 Å². The van der Waals surface area contributed by atoms with Crippen molar-refractivity contribution in [3.05, 3.63) is 30.9 Å². The highest BCUT2D eigenvalue weighted by molar-refractivity contribution is 5.82. The molecule has 0 saturated heterocycles. The number of hydrogen-bond donors (Lipinski definition) is 2. The van der Waals surface area contributed by atoms with Crippen LogP contribution >= 0.6 is 0 Å². The Bertz CT molecular complexity index is 808. The smallest absolute Gasteiger partial charge is 0.437 e. The lowest BCUT2D eigenvalue weighted by molar-refractivity contribution is 0.135. The second-order valence-electron chi connectivity index (χ2n) is 7.14. The minimum Gasteiger partial charge on any atom is -0.449 e. The first-order chi connectivity index (χ1) is 14.2. The van der Waals surface area contributed by atoms with Crippen molar-refractivity contribution in [1.29, 1.82) is 0 Å². The van der Waals surface area contributed by atoms with Crippen LogP contribution < -0.4 is 15.8 Å². The van der Waals surface area contributed by atoms with Crippen molar-refractivity contribution in [2.75, 3.05) is 36.5 Å². The van der Waals surface area contributed by atoms with E-state index in [9.17, 15) is 14.8 Å². The summed E-state index contributed by atoms with van der Waals surface area (Å²) < 4.78 is 10.4. The lowest BCUT2D eigenvalue weighted by atomic mass is 10.2. The topological polar surface area (TPSA) is 131 Å². The molecule has 2 N–H and O–H groups in total. The molecule has 0 atom stereocenters. The van der Waals surface area contributed by atoms with Crippen LogP contribution in [0.15, 0.2) is 30.3 Å². The number of aromatic nitrogens is 3. The van der Waals surface area contributed by atoms with Crippen LogP contribution in [0.3, 0.4) is 0 Å². The van der Waals surface area contributed by atoms with Gasteiger partial charge in [-0.3, -0.25) is 5.32 Å². The number of carbonyl (C=O) groups excluding carboxylic acids is 2. The van der Waals surface area contributed by atoms with Crippen LogP contribution in [0.1, 0.15) is 27.7 Å². The van der Waals surface area contributed by atoms with Crippen LogP contribution in [0.2, 0.25) is 0 Å². The predicted octanol–water partition coefficient (Wildman–Crippen LogP) is 2.59. The molecule has 1 rings (SSSR count). The molecule has 0 aliphatic heterocycles. The highest BCUT2D eigenvalue weighted by atomic mass is 16.6. The highest BCUT2D eigenvalue weighted by Gasteiger charge is 2.17. The lowest BCUT2D eigenvalue weighted by Gasteiger charge is -2.20. The average Bonchev–Trinajstić information content (AvgIpc) is 2.67. The summed E-state index contributed by atoms with van der Waals surface area (Å²) in [6, 6.07) is 0. The molecule has 0 aliphatic rings. The zero-order valence-corrected chi connectivity index (χ0v) is 17.9. The summed E-state index contributed by atoms with van der Waals surface area (Å²) in [7, 11) is 0. The Morgan fingerprint density at radius 2 is 1.70 bits per heavy atom. The van der Waals surface area contributed by atoms with Gasteiger partial charge in [0.25, 0.3) is 11.6 Å². The number of amides is 2. The summed E-state index contributed by atoms with van der Waals surface area (Å²) in [4.78, 5) is 37.5. The fraction of sp³-hybridized carbons (Fsp3) is 0.526. The second-order valence-corrected chi connectivity index (χ2v) is 7.14. The maximum atomic E-state index is 12.0. The van der Waals surface area contributed by atoms with E-state index in [1.54, 1.807) is 17.1 Å². The van der Waals surface area contributed by atoms with E-state index in [4.69, 9.17) is 9.47 Å². The summed E-state index contributed by atoms with van der Waals surface area (Å²) in [5.74, 6) is -0.0260. The molecule has 0 radical (unpaired) electrons. The molecule has 1 aromatic rings. The molecular formula is C19H30N6O5. The van der Waals surface area contributed by atoms with E-state index in [-0.39, 0.29) is 36.9 Å². The monoisotopic (exact) mass is 422 g/mol. The van der Waals surface area contributed by atoms with E-state index in [2.05, 4.69) is 33.4 Å². The number of hydrogen-bond acceptors (Lipinski definition) is 8. The molecule has 2 amide bonds. The number of anilines is 2. The van der Waals surface area contributed by atoms with Crippen molar-refractivity contribution in [3.8, 4) is 0 Å². The molecule has 30 heavy (non-hydrogen) atoms. The van der Waals surface area contributed by atoms with E-state index in [0.717, 1.165) is 0 Å². The van der Waals surface area contributed by atoms with Crippen LogP contribution in [0, 0.1) is 11.8 Å². The van der Waals surface area contributed by atoms with E-state index in [1.807, 2.05) is 27.7 Å².